The van der Waals surface area contributed by atoms with E-state index in [1.807, 2.05) is 12.1 Å². The largest absolute Gasteiger partial charge is 0.370 e. The second-order valence-electron chi connectivity index (χ2n) is 6.28. The Labute approximate surface area is 152 Å². The summed E-state index contributed by atoms with van der Waals surface area (Å²) in [5.41, 5.74) is 9.66. The summed E-state index contributed by atoms with van der Waals surface area (Å²) in [5.74, 6) is -0.686. The molecule has 5 nitrogen and oxygen atoms in total. The molecule has 6 heteroatoms. The van der Waals surface area contributed by atoms with Crippen LogP contribution in [0.15, 0.2) is 47.5 Å². The number of halogens is 1. The van der Waals surface area contributed by atoms with Gasteiger partial charge in [-0.1, -0.05) is 24.3 Å². The fourth-order valence-corrected chi connectivity index (χ4v) is 3.16. The number of amides is 1. The van der Waals surface area contributed by atoms with Gasteiger partial charge in [0.1, 0.15) is 5.82 Å². The number of carbonyl (C=O) groups excluding carboxylic acids is 1. The Hall–Kier alpha value is -2.89. The van der Waals surface area contributed by atoms with E-state index in [1.165, 1.54) is 36.1 Å². The number of guanidine groups is 1. The molecule has 136 valence electrons. The normalized spacial score (nSPS) is 13.8. The average molecular weight is 354 g/mol. The molecule has 1 aliphatic rings. The summed E-state index contributed by atoms with van der Waals surface area (Å²) < 4.78 is 13.5. The van der Waals surface area contributed by atoms with Crippen LogP contribution in [0.4, 0.5) is 10.1 Å². The maximum atomic E-state index is 13.5. The molecule has 0 atom stereocenters. The van der Waals surface area contributed by atoms with Crippen LogP contribution in [0.5, 0.6) is 0 Å². The van der Waals surface area contributed by atoms with Crippen LogP contribution < -0.4 is 16.4 Å². The Bertz CT molecular complexity index is 819. The molecule has 26 heavy (non-hydrogen) atoms. The highest BCUT2D eigenvalue weighted by Gasteiger charge is 2.13. The van der Waals surface area contributed by atoms with E-state index in [-0.39, 0.29) is 12.1 Å². The predicted molar refractivity (Wildman–Crippen MR) is 102 cm³/mol. The van der Waals surface area contributed by atoms with Crippen molar-refractivity contribution in [1.29, 1.82) is 0 Å². The summed E-state index contributed by atoms with van der Waals surface area (Å²) in [7, 11) is 0. The fourth-order valence-electron chi connectivity index (χ4n) is 3.16. The molecule has 0 aromatic heterocycles. The molecular formula is C20H23FN4O. The molecule has 1 aliphatic carbocycles. The summed E-state index contributed by atoms with van der Waals surface area (Å²) >= 11 is 0. The zero-order chi connectivity index (χ0) is 18.4. The first-order valence-electron chi connectivity index (χ1n) is 8.85. The lowest BCUT2D eigenvalue weighted by Gasteiger charge is -2.19. The second kappa shape index (κ2) is 8.47. The van der Waals surface area contributed by atoms with Crippen LogP contribution in [-0.2, 0) is 12.8 Å². The number of anilines is 1. The molecule has 0 radical (unpaired) electrons. The lowest BCUT2D eigenvalue weighted by molar-refractivity contribution is 0.0951. The van der Waals surface area contributed by atoms with Crippen LogP contribution in [0.25, 0.3) is 0 Å². The number of aliphatic imine (C=N–C) groups is 1. The fraction of sp³-hybridized carbons (Fsp3) is 0.300. The van der Waals surface area contributed by atoms with Crippen molar-refractivity contribution in [2.45, 2.75) is 25.7 Å². The molecule has 0 spiro atoms. The van der Waals surface area contributed by atoms with Gasteiger partial charge in [0.15, 0.2) is 5.96 Å². The second-order valence-corrected chi connectivity index (χ2v) is 6.28. The lowest BCUT2D eigenvalue weighted by Crippen LogP contribution is -2.29. The molecule has 0 bridgehead atoms. The number of fused-ring (bicyclic) bond motifs is 1. The van der Waals surface area contributed by atoms with E-state index < -0.39 is 11.7 Å². The zero-order valence-corrected chi connectivity index (χ0v) is 14.6. The SMILES string of the molecule is NC(=NCCNC(=O)c1ccccc1F)Nc1cccc2c1CCCC2. The van der Waals surface area contributed by atoms with Gasteiger partial charge in [-0.2, -0.15) is 0 Å². The van der Waals surface area contributed by atoms with Crippen LogP contribution >= 0.6 is 0 Å². The number of nitrogens with two attached hydrogens (primary N) is 1. The standard InChI is InChI=1S/C20H23FN4O/c21-17-10-4-3-9-16(17)19(26)23-12-13-24-20(22)25-18-11-5-7-14-6-1-2-8-15(14)18/h3-5,7,9-11H,1-2,6,8,12-13H2,(H,23,26)(H3,22,24,25). The number of nitrogens with one attached hydrogen (secondary N) is 2. The molecule has 0 fully saturated rings. The van der Waals surface area contributed by atoms with Gasteiger partial charge in [-0.05, 0) is 55.0 Å². The minimum Gasteiger partial charge on any atom is -0.370 e. The van der Waals surface area contributed by atoms with Crippen molar-refractivity contribution in [1.82, 2.24) is 5.32 Å². The smallest absolute Gasteiger partial charge is 0.254 e. The summed E-state index contributed by atoms with van der Waals surface area (Å²) in [6.07, 6.45) is 4.56. The number of carbonyl (C=O) groups is 1. The Kier molecular flexibility index (Phi) is 5.84. The first kappa shape index (κ1) is 17.9. The zero-order valence-electron chi connectivity index (χ0n) is 14.6. The van der Waals surface area contributed by atoms with Gasteiger partial charge in [0.05, 0.1) is 12.1 Å². The Morgan fingerprint density at radius 1 is 1.12 bits per heavy atom. The number of hydrogen-bond acceptors (Lipinski definition) is 2. The summed E-state index contributed by atoms with van der Waals surface area (Å²) in [4.78, 5) is 16.1. The van der Waals surface area contributed by atoms with E-state index in [1.54, 1.807) is 12.1 Å². The molecule has 0 saturated heterocycles. The topological polar surface area (TPSA) is 79.5 Å². The first-order chi connectivity index (χ1) is 12.6. The number of benzene rings is 2. The van der Waals surface area contributed by atoms with Gasteiger partial charge in [-0.25, -0.2) is 4.39 Å². The van der Waals surface area contributed by atoms with Crippen molar-refractivity contribution in [3.63, 3.8) is 0 Å². The van der Waals surface area contributed by atoms with Crippen LogP contribution in [0, 0.1) is 5.82 Å². The maximum Gasteiger partial charge on any atom is 0.254 e. The van der Waals surface area contributed by atoms with Gasteiger partial charge in [0.25, 0.3) is 5.91 Å². The highest BCUT2D eigenvalue weighted by Crippen LogP contribution is 2.27. The third-order valence-corrected chi connectivity index (χ3v) is 4.46. The van der Waals surface area contributed by atoms with E-state index in [2.05, 4.69) is 21.7 Å². The van der Waals surface area contributed by atoms with E-state index in [4.69, 9.17) is 5.73 Å². The molecule has 1 amide bonds. The first-order valence-corrected chi connectivity index (χ1v) is 8.85. The third-order valence-electron chi connectivity index (χ3n) is 4.46. The van der Waals surface area contributed by atoms with E-state index >= 15 is 0 Å². The number of aryl methyl sites for hydroxylation is 1. The quantitative estimate of drug-likeness (QED) is 0.439. The van der Waals surface area contributed by atoms with Crippen molar-refractivity contribution < 1.29 is 9.18 Å². The van der Waals surface area contributed by atoms with Crippen LogP contribution in [0.3, 0.4) is 0 Å². The molecule has 0 aliphatic heterocycles. The van der Waals surface area contributed by atoms with Crippen LogP contribution in [0.1, 0.15) is 34.3 Å². The van der Waals surface area contributed by atoms with Crippen molar-refractivity contribution in [2.24, 2.45) is 10.7 Å². The molecule has 0 unspecified atom stereocenters. The Balaban J connectivity index is 1.52. The number of hydrogen-bond donors (Lipinski definition) is 3. The average Bonchev–Trinajstić information content (AvgIpc) is 2.66. The monoisotopic (exact) mass is 354 g/mol. The highest BCUT2D eigenvalue weighted by atomic mass is 19.1. The van der Waals surface area contributed by atoms with Crippen molar-refractivity contribution in [2.75, 3.05) is 18.4 Å². The van der Waals surface area contributed by atoms with Crippen molar-refractivity contribution in [3.05, 3.63) is 65.0 Å². The highest BCUT2D eigenvalue weighted by molar-refractivity contribution is 5.94. The van der Waals surface area contributed by atoms with E-state index in [9.17, 15) is 9.18 Å². The minimum absolute atomic E-state index is 0.0264. The van der Waals surface area contributed by atoms with Gasteiger partial charge in [-0.15, -0.1) is 0 Å². The molecule has 2 aromatic rings. The minimum atomic E-state index is -0.538. The Morgan fingerprint density at radius 2 is 1.92 bits per heavy atom. The molecular weight excluding hydrogens is 331 g/mol. The third kappa shape index (κ3) is 4.39. The van der Waals surface area contributed by atoms with Gasteiger partial charge >= 0.3 is 0 Å². The summed E-state index contributed by atoms with van der Waals surface area (Å²) in [5, 5.41) is 5.79. The summed E-state index contributed by atoms with van der Waals surface area (Å²) in [6.45, 7) is 0.594. The maximum absolute atomic E-state index is 13.5. The molecule has 0 saturated carbocycles. The number of nitrogens with zero attached hydrogens (tertiary/aromatic N) is 1. The van der Waals surface area contributed by atoms with Crippen LogP contribution in [0.2, 0.25) is 0 Å². The van der Waals surface area contributed by atoms with E-state index in [0.717, 1.165) is 18.5 Å². The van der Waals surface area contributed by atoms with Gasteiger partial charge in [0.2, 0.25) is 0 Å². The molecule has 2 aromatic carbocycles. The number of rotatable bonds is 5. The van der Waals surface area contributed by atoms with Crippen molar-refractivity contribution in [3.8, 4) is 0 Å². The summed E-state index contributed by atoms with van der Waals surface area (Å²) in [6, 6.07) is 12.1. The van der Waals surface area contributed by atoms with Gasteiger partial charge < -0.3 is 16.4 Å². The lowest BCUT2D eigenvalue weighted by atomic mass is 9.90. The van der Waals surface area contributed by atoms with Gasteiger partial charge in [-0.3, -0.25) is 9.79 Å². The molecule has 0 heterocycles. The predicted octanol–water partition coefficient (Wildman–Crippen LogP) is 2.86. The molecule has 4 N–H and O–H groups in total. The molecule has 3 rings (SSSR count). The van der Waals surface area contributed by atoms with E-state index in [0.29, 0.717) is 12.5 Å². The Morgan fingerprint density at radius 3 is 2.77 bits per heavy atom. The van der Waals surface area contributed by atoms with Crippen LogP contribution in [-0.4, -0.2) is 25.0 Å². The van der Waals surface area contributed by atoms with Crippen molar-refractivity contribution >= 4 is 17.6 Å². The van der Waals surface area contributed by atoms with Gasteiger partial charge in [0, 0.05) is 12.2 Å².